The molecule has 0 aromatic heterocycles. The molecular weight excluding hydrogens is 192 g/mol. The summed E-state index contributed by atoms with van der Waals surface area (Å²) in [6, 6.07) is 0.170. The molecule has 0 heterocycles. The summed E-state index contributed by atoms with van der Waals surface area (Å²) >= 11 is 0. The average molecular weight is 216 g/mol. The molecule has 1 amide bonds. The molecule has 0 aliphatic carbocycles. The Kier molecular flexibility index (Phi) is 5.83. The number of amides is 1. The van der Waals surface area contributed by atoms with Gasteiger partial charge in [0.25, 0.3) is 0 Å². The van der Waals surface area contributed by atoms with Crippen molar-refractivity contribution in [3.63, 3.8) is 0 Å². The molecule has 15 heavy (non-hydrogen) atoms. The number of likely N-dealkylation sites (N-methyl/N-ethyl adjacent to an activating group) is 1. The summed E-state index contributed by atoms with van der Waals surface area (Å²) in [7, 11) is 3.53. The summed E-state index contributed by atoms with van der Waals surface area (Å²) in [5.74, 6) is 0.0749. The second-order valence-corrected chi connectivity index (χ2v) is 4.53. The van der Waals surface area contributed by atoms with Crippen LogP contribution in [0.1, 0.15) is 27.7 Å². The molecule has 0 spiro atoms. The molecule has 0 aromatic carbocycles. The van der Waals surface area contributed by atoms with Crippen LogP contribution in [0.2, 0.25) is 0 Å². The third-order valence-corrected chi connectivity index (χ3v) is 2.12. The van der Waals surface area contributed by atoms with Gasteiger partial charge in [-0.25, -0.2) is 0 Å². The number of rotatable bonds is 6. The largest absolute Gasteiger partial charge is 0.380 e. The van der Waals surface area contributed by atoms with Crippen LogP contribution in [0, 0.1) is 0 Å². The lowest BCUT2D eigenvalue weighted by molar-refractivity contribution is -0.134. The van der Waals surface area contributed by atoms with E-state index in [4.69, 9.17) is 4.74 Å². The molecule has 0 aromatic rings. The highest BCUT2D eigenvalue weighted by molar-refractivity contribution is 5.85. The lowest BCUT2D eigenvalue weighted by Gasteiger charge is -2.31. The van der Waals surface area contributed by atoms with E-state index in [2.05, 4.69) is 5.32 Å². The Labute approximate surface area is 93.0 Å². The minimum absolute atomic E-state index is 0.0749. The van der Waals surface area contributed by atoms with Crippen molar-refractivity contribution in [2.45, 2.75) is 39.3 Å². The molecule has 0 aliphatic heterocycles. The van der Waals surface area contributed by atoms with Crippen LogP contribution in [0.15, 0.2) is 0 Å². The summed E-state index contributed by atoms with van der Waals surface area (Å²) in [6.07, 6.45) is 0. The molecule has 90 valence electrons. The normalized spacial score (nSPS) is 13.7. The Hall–Kier alpha value is -0.610. The van der Waals surface area contributed by atoms with Gasteiger partial charge in [0.1, 0.15) is 0 Å². The van der Waals surface area contributed by atoms with E-state index in [1.165, 1.54) is 0 Å². The van der Waals surface area contributed by atoms with Gasteiger partial charge in [0.05, 0.1) is 12.1 Å². The van der Waals surface area contributed by atoms with Crippen LogP contribution in [0.5, 0.6) is 0 Å². The molecule has 4 heteroatoms. The first-order valence-electron chi connectivity index (χ1n) is 5.38. The predicted octanol–water partition coefficient (Wildman–Crippen LogP) is 0.868. The number of nitrogens with zero attached hydrogens (tertiary/aromatic N) is 1. The molecule has 0 rings (SSSR count). The maximum absolute atomic E-state index is 11.8. The van der Waals surface area contributed by atoms with Gasteiger partial charge in [-0.3, -0.25) is 10.1 Å². The fourth-order valence-corrected chi connectivity index (χ4v) is 1.57. The first kappa shape index (κ1) is 14.4. The number of ether oxygens (including phenoxy) is 1. The Balaban J connectivity index is 4.18. The minimum Gasteiger partial charge on any atom is -0.380 e. The van der Waals surface area contributed by atoms with Crippen LogP contribution < -0.4 is 5.32 Å². The van der Waals surface area contributed by atoms with Crippen molar-refractivity contribution in [1.29, 1.82) is 0 Å². The molecule has 0 saturated carbocycles. The smallest absolute Gasteiger partial charge is 0.241 e. The average Bonchev–Trinajstić information content (AvgIpc) is 2.12. The van der Waals surface area contributed by atoms with Crippen molar-refractivity contribution in [2.24, 2.45) is 0 Å². The van der Waals surface area contributed by atoms with Crippen molar-refractivity contribution in [3.8, 4) is 0 Å². The topological polar surface area (TPSA) is 41.6 Å². The van der Waals surface area contributed by atoms with Gasteiger partial charge in [-0.1, -0.05) is 0 Å². The number of carbonyl (C=O) groups excluding carboxylic acids is 1. The molecule has 0 fully saturated rings. The number of nitrogens with one attached hydrogen (secondary N) is 1. The van der Waals surface area contributed by atoms with Gasteiger partial charge >= 0.3 is 0 Å². The lowest BCUT2D eigenvalue weighted by Crippen LogP contribution is -2.55. The highest BCUT2D eigenvalue weighted by Gasteiger charge is 2.30. The number of hydrogen-bond acceptors (Lipinski definition) is 3. The maximum atomic E-state index is 11.8. The van der Waals surface area contributed by atoms with Crippen molar-refractivity contribution in [2.75, 3.05) is 27.3 Å². The van der Waals surface area contributed by atoms with E-state index in [1.807, 2.05) is 27.7 Å². The Morgan fingerprint density at radius 2 is 2.00 bits per heavy atom. The minimum atomic E-state index is -0.542. The zero-order valence-corrected chi connectivity index (χ0v) is 10.8. The third kappa shape index (κ3) is 5.14. The highest BCUT2D eigenvalue weighted by Crippen LogP contribution is 2.07. The maximum Gasteiger partial charge on any atom is 0.241 e. The second-order valence-electron chi connectivity index (χ2n) is 4.53. The van der Waals surface area contributed by atoms with E-state index in [-0.39, 0.29) is 11.9 Å². The van der Waals surface area contributed by atoms with Crippen LogP contribution >= 0.6 is 0 Å². The molecule has 1 atom stereocenters. The standard InChI is InChI=1S/C11H24N2O2/c1-7-15-8-9(2)12-11(3,4)10(14)13(5)6/h9,12H,7-8H2,1-6H3. The lowest BCUT2D eigenvalue weighted by atomic mass is 10.0. The molecule has 0 radical (unpaired) electrons. The SMILES string of the molecule is CCOCC(C)NC(C)(C)C(=O)N(C)C. The first-order valence-corrected chi connectivity index (χ1v) is 5.38. The van der Waals surface area contributed by atoms with E-state index in [1.54, 1.807) is 19.0 Å². The summed E-state index contributed by atoms with van der Waals surface area (Å²) in [6.45, 7) is 9.08. The molecule has 4 nitrogen and oxygen atoms in total. The number of carbonyl (C=O) groups is 1. The van der Waals surface area contributed by atoms with Gasteiger partial charge in [0.2, 0.25) is 5.91 Å². The zero-order chi connectivity index (χ0) is 12.1. The van der Waals surface area contributed by atoms with E-state index in [9.17, 15) is 4.79 Å². The first-order chi connectivity index (χ1) is 6.81. The summed E-state index contributed by atoms with van der Waals surface area (Å²) < 4.78 is 5.29. The van der Waals surface area contributed by atoms with Crippen LogP contribution in [-0.2, 0) is 9.53 Å². The van der Waals surface area contributed by atoms with Gasteiger partial charge in [0.15, 0.2) is 0 Å². The number of hydrogen-bond donors (Lipinski definition) is 1. The van der Waals surface area contributed by atoms with Gasteiger partial charge in [-0.05, 0) is 27.7 Å². The van der Waals surface area contributed by atoms with E-state index >= 15 is 0 Å². The molecule has 0 saturated heterocycles. The second kappa shape index (κ2) is 6.08. The highest BCUT2D eigenvalue weighted by atomic mass is 16.5. The van der Waals surface area contributed by atoms with Crippen LogP contribution in [0.4, 0.5) is 0 Å². The quantitative estimate of drug-likeness (QED) is 0.716. The van der Waals surface area contributed by atoms with Crippen molar-refractivity contribution < 1.29 is 9.53 Å². The molecule has 0 bridgehead atoms. The summed E-state index contributed by atoms with van der Waals surface area (Å²) in [4.78, 5) is 13.4. The Bertz CT molecular complexity index is 203. The van der Waals surface area contributed by atoms with Crippen LogP contribution in [0.3, 0.4) is 0 Å². The van der Waals surface area contributed by atoms with E-state index in [0.29, 0.717) is 13.2 Å². The fraction of sp³-hybridized carbons (Fsp3) is 0.909. The van der Waals surface area contributed by atoms with Gasteiger partial charge in [-0.15, -0.1) is 0 Å². The Morgan fingerprint density at radius 3 is 2.40 bits per heavy atom. The van der Waals surface area contributed by atoms with Gasteiger partial charge in [-0.2, -0.15) is 0 Å². The van der Waals surface area contributed by atoms with Crippen molar-refractivity contribution >= 4 is 5.91 Å². The zero-order valence-electron chi connectivity index (χ0n) is 10.8. The van der Waals surface area contributed by atoms with Crippen LogP contribution in [0.25, 0.3) is 0 Å². The van der Waals surface area contributed by atoms with Gasteiger partial charge < -0.3 is 9.64 Å². The molecular formula is C11H24N2O2. The predicted molar refractivity (Wildman–Crippen MR) is 61.9 cm³/mol. The van der Waals surface area contributed by atoms with Crippen molar-refractivity contribution in [1.82, 2.24) is 10.2 Å². The summed E-state index contributed by atoms with van der Waals surface area (Å²) in [5.41, 5.74) is -0.542. The van der Waals surface area contributed by atoms with Crippen molar-refractivity contribution in [3.05, 3.63) is 0 Å². The van der Waals surface area contributed by atoms with Gasteiger partial charge in [0, 0.05) is 26.7 Å². The molecule has 1 N–H and O–H groups in total. The van der Waals surface area contributed by atoms with Crippen LogP contribution in [-0.4, -0.2) is 49.7 Å². The third-order valence-electron chi connectivity index (χ3n) is 2.12. The monoisotopic (exact) mass is 216 g/mol. The molecule has 0 aliphatic rings. The van der Waals surface area contributed by atoms with E-state index in [0.717, 1.165) is 0 Å². The fourth-order valence-electron chi connectivity index (χ4n) is 1.57. The Morgan fingerprint density at radius 1 is 1.47 bits per heavy atom. The van der Waals surface area contributed by atoms with E-state index < -0.39 is 5.54 Å². The summed E-state index contributed by atoms with van der Waals surface area (Å²) in [5, 5.41) is 3.26. The molecule has 1 unspecified atom stereocenters.